The van der Waals surface area contributed by atoms with E-state index in [9.17, 15) is 4.79 Å². The van der Waals surface area contributed by atoms with Crippen LogP contribution in [-0.4, -0.2) is 12.6 Å². The zero-order valence-corrected chi connectivity index (χ0v) is 9.08. The molecule has 80 valence electrons. The molecule has 1 aliphatic rings. The summed E-state index contributed by atoms with van der Waals surface area (Å²) in [6.45, 7) is 2.30. The molecule has 2 heteroatoms. The van der Waals surface area contributed by atoms with Crippen LogP contribution in [0.3, 0.4) is 0 Å². The second kappa shape index (κ2) is 4.47. The molecule has 0 fully saturated rings. The topological polar surface area (TPSA) is 26.3 Å². The molecule has 1 aromatic carbocycles. The van der Waals surface area contributed by atoms with Crippen molar-refractivity contribution >= 4 is 5.97 Å². The first-order chi connectivity index (χ1) is 7.29. The van der Waals surface area contributed by atoms with Gasteiger partial charge in [0, 0.05) is 0 Å². The lowest BCUT2D eigenvalue weighted by Crippen LogP contribution is -2.07. The van der Waals surface area contributed by atoms with Crippen molar-refractivity contribution in [3.05, 3.63) is 34.9 Å². The number of ether oxygens (including phenoxy) is 1. The summed E-state index contributed by atoms with van der Waals surface area (Å²) in [5, 5.41) is 0. The first-order valence-corrected chi connectivity index (χ1v) is 5.56. The fourth-order valence-electron chi connectivity index (χ4n) is 2.11. The quantitative estimate of drug-likeness (QED) is 0.706. The van der Waals surface area contributed by atoms with Crippen molar-refractivity contribution < 1.29 is 9.53 Å². The van der Waals surface area contributed by atoms with Crippen molar-refractivity contribution in [3.63, 3.8) is 0 Å². The largest absolute Gasteiger partial charge is 0.466 e. The van der Waals surface area contributed by atoms with Gasteiger partial charge < -0.3 is 4.74 Å². The predicted molar refractivity (Wildman–Crippen MR) is 58.8 cm³/mol. The number of aryl methyl sites for hydroxylation is 2. The number of esters is 1. The summed E-state index contributed by atoms with van der Waals surface area (Å²) in [6, 6.07) is 6.34. The van der Waals surface area contributed by atoms with E-state index in [4.69, 9.17) is 4.74 Å². The average Bonchev–Trinajstić information content (AvgIpc) is 2.65. The van der Waals surface area contributed by atoms with Crippen LogP contribution < -0.4 is 0 Å². The van der Waals surface area contributed by atoms with Crippen molar-refractivity contribution in [2.75, 3.05) is 6.61 Å². The van der Waals surface area contributed by atoms with E-state index in [1.807, 2.05) is 13.0 Å². The van der Waals surface area contributed by atoms with Crippen LogP contribution in [0.4, 0.5) is 0 Å². The van der Waals surface area contributed by atoms with Gasteiger partial charge >= 0.3 is 5.97 Å². The summed E-state index contributed by atoms with van der Waals surface area (Å²) in [5.41, 5.74) is 3.94. The normalized spacial score (nSPS) is 13.7. The molecule has 1 aromatic rings. The van der Waals surface area contributed by atoms with E-state index in [1.54, 1.807) is 0 Å². The molecule has 2 nitrogen and oxygen atoms in total. The number of carbonyl (C=O) groups is 1. The standard InChI is InChI=1S/C13H16O2/c1-2-15-13(14)9-10-6-7-11-4-3-5-12(11)8-10/h6-8H,2-5,9H2,1H3. The maximum absolute atomic E-state index is 11.3. The minimum atomic E-state index is -0.129. The Bertz CT molecular complexity index is 369. The minimum Gasteiger partial charge on any atom is -0.466 e. The fourth-order valence-corrected chi connectivity index (χ4v) is 2.11. The molecule has 0 N–H and O–H groups in total. The van der Waals surface area contributed by atoms with E-state index < -0.39 is 0 Å². The van der Waals surface area contributed by atoms with Gasteiger partial charge in [0.25, 0.3) is 0 Å². The van der Waals surface area contributed by atoms with Gasteiger partial charge in [-0.05, 0) is 42.9 Å². The molecule has 2 rings (SSSR count). The predicted octanol–water partition coefficient (Wildman–Crippen LogP) is 2.28. The highest BCUT2D eigenvalue weighted by atomic mass is 16.5. The smallest absolute Gasteiger partial charge is 0.310 e. The Hall–Kier alpha value is -1.31. The lowest BCUT2D eigenvalue weighted by atomic mass is 10.0. The molecular weight excluding hydrogens is 188 g/mol. The van der Waals surface area contributed by atoms with Gasteiger partial charge in [-0.3, -0.25) is 4.79 Å². The van der Waals surface area contributed by atoms with Crippen LogP contribution in [0.1, 0.15) is 30.0 Å². The molecule has 0 spiro atoms. The highest BCUT2D eigenvalue weighted by molar-refractivity contribution is 5.72. The van der Waals surface area contributed by atoms with Crippen LogP contribution in [-0.2, 0) is 28.8 Å². The van der Waals surface area contributed by atoms with Gasteiger partial charge in [-0.25, -0.2) is 0 Å². The van der Waals surface area contributed by atoms with Crippen molar-refractivity contribution in [2.45, 2.75) is 32.6 Å². The molecule has 1 aliphatic carbocycles. The molecule has 0 saturated heterocycles. The zero-order chi connectivity index (χ0) is 10.7. The number of rotatable bonds is 3. The maximum atomic E-state index is 11.3. The highest BCUT2D eigenvalue weighted by Crippen LogP contribution is 2.22. The van der Waals surface area contributed by atoms with E-state index in [0.717, 1.165) is 12.0 Å². The van der Waals surface area contributed by atoms with Crippen molar-refractivity contribution in [1.29, 1.82) is 0 Å². The molecule has 0 unspecified atom stereocenters. The summed E-state index contributed by atoms with van der Waals surface area (Å²) < 4.78 is 4.93. The molecule has 0 bridgehead atoms. The molecule has 0 saturated carbocycles. The van der Waals surface area contributed by atoms with Gasteiger partial charge in [-0.2, -0.15) is 0 Å². The van der Waals surface area contributed by atoms with E-state index in [2.05, 4.69) is 12.1 Å². The Balaban J connectivity index is 2.06. The number of benzene rings is 1. The Labute approximate surface area is 90.3 Å². The van der Waals surface area contributed by atoms with E-state index in [1.165, 1.54) is 24.0 Å². The lowest BCUT2D eigenvalue weighted by molar-refractivity contribution is -0.142. The third-order valence-corrected chi connectivity index (χ3v) is 2.82. The first-order valence-electron chi connectivity index (χ1n) is 5.56. The number of hydrogen-bond donors (Lipinski definition) is 0. The van der Waals surface area contributed by atoms with E-state index in [0.29, 0.717) is 13.0 Å². The van der Waals surface area contributed by atoms with Crippen molar-refractivity contribution in [3.8, 4) is 0 Å². The first kappa shape index (κ1) is 10.2. The second-order valence-electron chi connectivity index (χ2n) is 3.94. The SMILES string of the molecule is CCOC(=O)Cc1ccc2c(c1)CCC2. The van der Waals surface area contributed by atoms with E-state index >= 15 is 0 Å². The lowest BCUT2D eigenvalue weighted by Gasteiger charge is -2.04. The third kappa shape index (κ3) is 2.38. The van der Waals surface area contributed by atoms with Crippen molar-refractivity contribution in [2.24, 2.45) is 0 Å². The van der Waals surface area contributed by atoms with Gasteiger partial charge in [0.2, 0.25) is 0 Å². The second-order valence-corrected chi connectivity index (χ2v) is 3.94. The average molecular weight is 204 g/mol. The number of carbonyl (C=O) groups excluding carboxylic acids is 1. The Morgan fingerprint density at radius 2 is 2.13 bits per heavy atom. The number of hydrogen-bond acceptors (Lipinski definition) is 2. The fraction of sp³-hybridized carbons (Fsp3) is 0.462. The van der Waals surface area contributed by atoms with Crippen LogP contribution in [0.15, 0.2) is 18.2 Å². The molecule has 0 aliphatic heterocycles. The van der Waals surface area contributed by atoms with Crippen LogP contribution in [0.25, 0.3) is 0 Å². The van der Waals surface area contributed by atoms with E-state index in [-0.39, 0.29) is 5.97 Å². The summed E-state index contributed by atoms with van der Waals surface area (Å²) >= 11 is 0. The summed E-state index contributed by atoms with van der Waals surface area (Å²) in [5.74, 6) is -0.129. The zero-order valence-electron chi connectivity index (χ0n) is 9.08. The van der Waals surface area contributed by atoms with Crippen LogP contribution >= 0.6 is 0 Å². The Kier molecular flexibility index (Phi) is 3.05. The third-order valence-electron chi connectivity index (χ3n) is 2.82. The van der Waals surface area contributed by atoms with Crippen LogP contribution in [0.2, 0.25) is 0 Å². The summed E-state index contributed by atoms with van der Waals surface area (Å²) in [6.07, 6.45) is 4.00. The molecular formula is C13H16O2. The highest BCUT2D eigenvalue weighted by Gasteiger charge is 2.12. The van der Waals surface area contributed by atoms with Crippen LogP contribution in [0, 0.1) is 0 Å². The van der Waals surface area contributed by atoms with Gasteiger partial charge in [-0.1, -0.05) is 18.2 Å². The molecule has 0 aromatic heterocycles. The van der Waals surface area contributed by atoms with Gasteiger partial charge in [0.05, 0.1) is 13.0 Å². The monoisotopic (exact) mass is 204 g/mol. The minimum absolute atomic E-state index is 0.129. The molecule has 15 heavy (non-hydrogen) atoms. The van der Waals surface area contributed by atoms with Crippen LogP contribution in [0.5, 0.6) is 0 Å². The summed E-state index contributed by atoms with van der Waals surface area (Å²) in [4.78, 5) is 11.3. The Morgan fingerprint density at radius 1 is 1.33 bits per heavy atom. The molecule has 0 heterocycles. The summed E-state index contributed by atoms with van der Waals surface area (Å²) in [7, 11) is 0. The van der Waals surface area contributed by atoms with Crippen molar-refractivity contribution in [1.82, 2.24) is 0 Å². The van der Waals surface area contributed by atoms with Gasteiger partial charge in [0.15, 0.2) is 0 Å². The molecule has 0 atom stereocenters. The Morgan fingerprint density at radius 3 is 2.93 bits per heavy atom. The molecule has 0 radical (unpaired) electrons. The van der Waals surface area contributed by atoms with Gasteiger partial charge in [-0.15, -0.1) is 0 Å². The number of fused-ring (bicyclic) bond motifs is 1. The molecule has 0 amide bonds. The van der Waals surface area contributed by atoms with Gasteiger partial charge in [0.1, 0.15) is 0 Å². The maximum Gasteiger partial charge on any atom is 0.310 e.